The van der Waals surface area contributed by atoms with Crippen LogP contribution >= 0.6 is 0 Å². The molecule has 5 nitrogen and oxygen atoms in total. The summed E-state index contributed by atoms with van der Waals surface area (Å²) in [5.74, 6) is 0.246. The summed E-state index contributed by atoms with van der Waals surface area (Å²) in [6.07, 6.45) is -0.0991. The smallest absolute Gasteiger partial charge is 0.407 e. The lowest BCUT2D eigenvalue weighted by atomic mass is 10.1. The second-order valence-electron chi connectivity index (χ2n) is 6.36. The molecule has 1 aromatic rings. The number of ether oxygens (including phenoxy) is 2. The molecule has 1 amide bonds. The van der Waals surface area contributed by atoms with Gasteiger partial charge in [0, 0.05) is 19.7 Å². The first-order valence-corrected chi connectivity index (χ1v) is 7.39. The van der Waals surface area contributed by atoms with E-state index >= 15 is 0 Å². The van der Waals surface area contributed by atoms with Crippen LogP contribution in [0.1, 0.15) is 26.3 Å². The third-order valence-corrected chi connectivity index (χ3v) is 3.29. The number of fused-ring (bicyclic) bond motifs is 1. The van der Waals surface area contributed by atoms with Crippen molar-refractivity contribution in [3.05, 3.63) is 23.5 Å². The highest BCUT2D eigenvalue weighted by atomic mass is 19.1. The Balaban J connectivity index is 1.96. The third kappa shape index (κ3) is 4.26. The Morgan fingerprint density at radius 3 is 2.86 bits per heavy atom. The van der Waals surface area contributed by atoms with Gasteiger partial charge in [0.15, 0.2) is 0 Å². The SMILES string of the molecule is CN1CCOc2cc(F)c(CCNC(=O)OC(C)(C)C)cc21. The van der Waals surface area contributed by atoms with Crippen LogP contribution in [0.25, 0.3) is 0 Å². The first-order valence-electron chi connectivity index (χ1n) is 7.39. The molecule has 1 aliphatic heterocycles. The fraction of sp³-hybridized carbons (Fsp3) is 0.562. The van der Waals surface area contributed by atoms with E-state index in [0.717, 1.165) is 12.2 Å². The number of carbonyl (C=O) groups excluding carboxylic acids is 1. The molecular weight excluding hydrogens is 287 g/mol. The fourth-order valence-corrected chi connectivity index (χ4v) is 2.22. The van der Waals surface area contributed by atoms with Gasteiger partial charge in [0.05, 0.1) is 12.2 Å². The molecular formula is C16H23FN2O3. The average Bonchev–Trinajstić information content (AvgIpc) is 2.38. The molecule has 1 N–H and O–H groups in total. The van der Waals surface area contributed by atoms with Crippen molar-refractivity contribution in [3.8, 4) is 5.75 Å². The van der Waals surface area contributed by atoms with Crippen molar-refractivity contribution in [2.45, 2.75) is 32.8 Å². The summed E-state index contributed by atoms with van der Waals surface area (Å²) in [6, 6.07) is 3.19. The summed E-state index contributed by atoms with van der Waals surface area (Å²) in [4.78, 5) is 13.6. The van der Waals surface area contributed by atoms with Gasteiger partial charge in [-0.2, -0.15) is 0 Å². The van der Waals surface area contributed by atoms with Gasteiger partial charge in [-0.05, 0) is 38.8 Å². The Bertz CT molecular complexity index is 555. The molecule has 0 fully saturated rings. The minimum atomic E-state index is -0.540. The van der Waals surface area contributed by atoms with Crippen LogP contribution in [-0.4, -0.2) is 38.4 Å². The molecule has 1 aliphatic rings. The zero-order chi connectivity index (χ0) is 16.3. The van der Waals surface area contributed by atoms with Gasteiger partial charge in [-0.1, -0.05) is 0 Å². The van der Waals surface area contributed by atoms with E-state index in [-0.39, 0.29) is 5.82 Å². The number of amides is 1. The van der Waals surface area contributed by atoms with E-state index in [1.165, 1.54) is 6.07 Å². The summed E-state index contributed by atoms with van der Waals surface area (Å²) in [5.41, 5.74) is 0.883. The van der Waals surface area contributed by atoms with Crippen LogP contribution in [0, 0.1) is 5.82 Å². The molecule has 0 saturated heterocycles. The molecule has 0 aliphatic carbocycles. The van der Waals surface area contributed by atoms with E-state index < -0.39 is 11.7 Å². The molecule has 0 aromatic heterocycles. The first kappa shape index (κ1) is 16.4. The monoisotopic (exact) mass is 310 g/mol. The van der Waals surface area contributed by atoms with Crippen molar-refractivity contribution in [3.63, 3.8) is 0 Å². The molecule has 0 unspecified atom stereocenters. The Kier molecular flexibility index (Phi) is 4.78. The van der Waals surface area contributed by atoms with Crippen molar-refractivity contribution < 1.29 is 18.7 Å². The minimum Gasteiger partial charge on any atom is -0.489 e. The lowest BCUT2D eigenvalue weighted by Gasteiger charge is -2.28. The molecule has 6 heteroatoms. The van der Waals surface area contributed by atoms with Gasteiger partial charge in [-0.15, -0.1) is 0 Å². The highest BCUT2D eigenvalue weighted by molar-refractivity contribution is 5.67. The maximum absolute atomic E-state index is 14.1. The van der Waals surface area contributed by atoms with Gasteiger partial charge < -0.3 is 19.7 Å². The number of nitrogens with one attached hydrogen (secondary N) is 1. The zero-order valence-electron chi connectivity index (χ0n) is 13.5. The maximum Gasteiger partial charge on any atom is 0.407 e. The van der Waals surface area contributed by atoms with Gasteiger partial charge >= 0.3 is 6.09 Å². The van der Waals surface area contributed by atoms with Crippen LogP contribution in [0.15, 0.2) is 12.1 Å². The minimum absolute atomic E-state index is 0.315. The fourth-order valence-electron chi connectivity index (χ4n) is 2.22. The summed E-state index contributed by atoms with van der Waals surface area (Å²) < 4.78 is 24.7. The van der Waals surface area contributed by atoms with E-state index in [1.807, 2.05) is 11.9 Å². The summed E-state index contributed by atoms with van der Waals surface area (Å²) in [5, 5.41) is 2.63. The molecule has 2 rings (SSSR count). The summed E-state index contributed by atoms with van der Waals surface area (Å²) in [6.45, 7) is 7.04. The van der Waals surface area contributed by atoms with Gasteiger partial charge in [0.2, 0.25) is 0 Å². The number of nitrogens with zero attached hydrogens (tertiary/aromatic N) is 1. The number of benzene rings is 1. The van der Waals surface area contributed by atoms with E-state index in [4.69, 9.17) is 9.47 Å². The maximum atomic E-state index is 14.1. The summed E-state index contributed by atoms with van der Waals surface area (Å²) >= 11 is 0. The topological polar surface area (TPSA) is 50.8 Å². The standard InChI is InChI=1S/C16H23FN2O3/c1-16(2,3)22-15(20)18-6-5-11-9-13-14(10-12(11)17)21-8-7-19(13)4/h9-10H,5-8H2,1-4H3,(H,18,20). The first-order chi connectivity index (χ1) is 10.3. The number of alkyl carbamates (subject to hydrolysis) is 1. The van der Waals surface area contributed by atoms with Crippen molar-refractivity contribution in [2.24, 2.45) is 0 Å². The number of hydrogen-bond acceptors (Lipinski definition) is 4. The highest BCUT2D eigenvalue weighted by Gasteiger charge is 2.19. The van der Waals surface area contributed by atoms with Crippen LogP contribution in [0.5, 0.6) is 5.75 Å². The van der Waals surface area contributed by atoms with Crippen LogP contribution in [0.4, 0.5) is 14.9 Å². The third-order valence-electron chi connectivity index (χ3n) is 3.29. The van der Waals surface area contributed by atoms with Crippen molar-refractivity contribution >= 4 is 11.8 Å². The van der Waals surface area contributed by atoms with Gasteiger partial charge in [0.1, 0.15) is 23.8 Å². The van der Waals surface area contributed by atoms with Crippen molar-refractivity contribution in [1.29, 1.82) is 0 Å². The van der Waals surface area contributed by atoms with E-state index in [1.54, 1.807) is 26.8 Å². The molecule has 0 radical (unpaired) electrons. The van der Waals surface area contributed by atoms with E-state index in [2.05, 4.69) is 5.32 Å². The Morgan fingerprint density at radius 2 is 2.18 bits per heavy atom. The predicted molar refractivity (Wildman–Crippen MR) is 83.1 cm³/mol. The summed E-state index contributed by atoms with van der Waals surface area (Å²) in [7, 11) is 1.95. The Labute approximate surface area is 130 Å². The average molecular weight is 310 g/mol. The van der Waals surface area contributed by atoms with Crippen LogP contribution < -0.4 is 15.0 Å². The van der Waals surface area contributed by atoms with Gasteiger partial charge in [0.25, 0.3) is 0 Å². The predicted octanol–water partition coefficient (Wildman–Crippen LogP) is 2.72. The molecule has 122 valence electrons. The van der Waals surface area contributed by atoms with Crippen LogP contribution in [0.2, 0.25) is 0 Å². The Morgan fingerprint density at radius 1 is 1.45 bits per heavy atom. The normalized spacial score (nSPS) is 14.1. The second-order valence-corrected chi connectivity index (χ2v) is 6.36. The van der Waals surface area contributed by atoms with Crippen LogP contribution in [0.3, 0.4) is 0 Å². The molecule has 1 heterocycles. The number of anilines is 1. The van der Waals surface area contributed by atoms with Gasteiger partial charge in [-0.3, -0.25) is 0 Å². The van der Waals surface area contributed by atoms with E-state index in [9.17, 15) is 9.18 Å². The van der Waals surface area contributed by atoms with Crippen molar-refractivity contribution in [1.82, 2.24) is 5.32 Å². The zero-order valence-corrected chi connectivity index (χ0v) is 13.5. The van der Waals surface area contributed by atoms with Gasteiger partial charge in [-0.25, -0.2) is 9.18 Å². The molecule has 0 bridgehead atoms. The molecule has 0 atom stereocenters. The quantitative estimate of drug-likeness (QED) is 0.932. The lowest BCUT2D eigenvalue weighted by Crippen LogP contribution is -2.33. The Hall–Kier alpha value is -1.98. The largest absolute Gasteiger partial charge is 0.489 e. The highest BCUT2D eigenvalue weighted by Crippen LogP contribution is 2.33. The number of rotatable bonds is 3. The molecule has 0 saturated carbocycles. The lowest BCUT2D eigenvalue weighted by molar-refractivity contribution is 0.0528. The molecule has 22 heavy (non-hydrogen) atoms. The second kappa shape index (κ2) is 6.42. The number of carbonyl (C=O) groups is 1. The number of hydrogen-bond donors (Lipinski definition) is 1. The van der Waals surface area contributed by atoms with E-state index in [0.29, 0.717) is 30.9 Å². The molecule has 1 aromatic carbocycles. The molecule has 0 spiro atoms. The van der Waals surface area contributed by atoms with Crippen molar-refractivity contribution in [2.75, 3.05) is 31.6 Å². The number of halogens is 1. The number of likely N-dealkylation sites (N-methyl/N-ethyl adjacent to an activating group) is 1. The van der Waals surface area contributed by atoms with Crippen LogP contribution in [-0.2, 0) is 11.2 Å².